The zero-order valence-corrected chi connectivity index (χ0v) is 12.5. The van der Waals surface area contributed by atoms with Crippen molar-refractivity contribution in [2.45, 2.75) is 25.0 Å². The second-order valence-corrected chi connectivity index (χ2v) is 7.51. The Balaban J connectivity index is 1.70. The van der Waals surface area contributed by atoms with Crippen molar-refractivity contribution in [1.29, 1.82) is 0 Å². The first-order chi connectivity index (χ1) is 9.94. The fourth-order valence-electron chi connectivity index (χ4n) is 2.27. The number of rotatable bonds is 6. The molecule has 0 spiro atoms. The molecule has 1 aliphatic heterocycles. The molecule has 0 amide bonds. The molecule has 1 fully saturated rings. The Kier molecular flexibility index (Phi) is 5.55. The molecule has 0 bridgehead atoms. The van der Waals surface area contributed by atoms with Crippen LogP contribution in [-0.2, 0) is 9.84 Å². The van der Waals surface area contributed by atoms with E-state index in [1.807, 2.05) is 0 Å². The van der Waals surface area contributed by atoms with Crippen LogP contribution in [0.3, 0.4) is 0 Å². The van der Waals surface area contributed by atoms with E-state index in [2.05, 4.69) is 5.32 Å². The van der Waals surface area contributed by atoms with Gasteiger partial charge in [-0.2, -0.15) is 0 Å². The average molecular weight is 317 g/mol. The van der Waals surface area contributed by atoms with Crippen LogP contribution in [0, 0.1) is 5.82 Å². The molecule has 0 radical (unpaired) electrons. The van der Waals surface area contributed by atoms with Gasteiger partial charge in [-0.15, -0.1) is 0 Å². The van der Waals surface area contributed by atoms with Crippen molar-refractivity contribution in [3.8, 4) is 5.75 Å². The van der Waals surface area contributed by atoms with Gasteiger partial charge in [-0.05, 0) is 37.1 Å². The largest absolute Gasteiger partial charge is 0.491 e. The topological polar surface area (TPSA) is 75.6 Å². The molecule has 118 valence electrons. The summed E-state index contributed by atoms with van der Waals surface area (Å²) in [6, 6.07) is 5.44. The van der Waals surface area contributed by atoms with Crippen molar-refractivity contribution in [2.75, 3.05) is 24.7 Å². The highest BCUT2D eigenvalue weighted by Gasteiger charge is 2.24. The minimum atomic E-state index is -2.95. The van der Waals surface area contributed by atoms with Crippen molar-refractivity contribution < 1.29 is 22.7 Å². The number of aliphatic hydroxyl groups is 1. The Labute approximate surface area is 124 Å². The average Bonchev–Trinajstić information content (AvgIpc) is 2.43. The van der Waals surface area contributed by atoms with Gasteiger partial charge in [-0.1, -0.05) is 0 Å². The summed E-state index contributed by atoms with van der Waals surface area (Å²) in [5.74, 6) is 0.513. The Morgan fingerprint density at radius 1 is 1.38 bits per heavy atom. The zero-order valence-electron chi connectivity index (χ0n) is 11.7. The van der Waals surface area contributed by atoms with Crippen molar-refractivity contribution in [3.05, 3.63) is 30.1 Å². The first-order valence-electron chi connectivity index (χ1n) is 6.95. The van der Waals surface area contributed by atoms with E-state index in [-0.39, 0.29) is 36.5 Å². The highest BCUT2D eigenvalue weighted by molar-refractivity contribution is 7.91. The van der Waals surface area contributed by atoms with E-state index in [0.29, 0.717) is 12.2 Å². The minimum absolute atomic E-state index is 0.0676. The highest BCUT2D eigenvalue weighted by atomic mass is 32.2. The normalized spacial score (nSPS) is 22.7. The molecule has 1 aromatic carbocycles. The third-order valence-electron chi connectivity index (χ3n) is 3.36. The molecule has 1 aliphatic rings. The lowest BCUT2D eigenvalue weighted by Crippen LogP contribution is -2.44. The molecule has 5 nitrogen and oxygen atoms in total. The minimum Gasteiger partial charge on any atom is -0.491 e. The number of halogens is 1. The number of aliphatic hydroxyl groups excluding tert-OH is 1. The fraction of sp³-hybridized carbons (Fsp3) is 0.571. The van der Waals surface area contributed by atoms with Gasteiger partial charge < -0.3 is 15.2 Å². The first-order valence-corrected chi connectivity index (χ1v) is 8.77. The van der Waals surface area contributed by atoms with E-state index in [4.69, 9.17) is 4.74 Å². The van der Waals surface area contributed by atoms with Crippen LogP contribution in [0.15, 0.2) is 24.3 Å². The number of ether oxygens (including phenoxy) is 1. The summed E-state index contributed by atoms with van der Waals surface area (Å²) in [4.78, 5) is 0. The van der Waals surface area contributed by atoms with Crippen LogP contribution in [0.25, 0.3) is 0 Å². The molecule has 2 atom stereocenters. The van der Waals surface area contributed by atoms with Crippen LogP contribution >= 0.6 is 0 Å². The number of hydrogen-bond acceptors (Lipinski definition) is 5. The summed E-state index contributed by atoms with van der Waals surface area (Å²) < 4.78 is 41.0. The molecule has 1 heterocycles. The summed E-state index contributed by atoms with van der Waals surface area (Å²) in [5.41, 5.74) is 0. The molecule has 7 heteroatoms. The van der Waals surface area contributed by atoms with Crippen molar-refractivity contribution >= 4 is 9.84 Å². The van der Waals surface area contributed by atoms with Gasteiger partial charge in [-0.25, -0.2) is 12.8 Å². The van der Waals surface area contributed by atoms with E-state index in [0.717, 1.165) is 6.42 Å². The van der Waals surface area contributed by atoms with Crippen LogP contribution in [0.1, 0.15) is 12.8 Å². The summed E-state index contributed by atoms with van der Waals surface area (Å²) in [7, 11) is -2.95. The third kappa shape index (κ3) is 5.61. The maximum Gasteiger partial charge on any atom is 0.151 e. The molecule has 1 saturated heterocycles. The van der Waals surface area contributed by atoms with Gasteiger partial charge in [0.05, 0.1) is 11.5 Å². The second kappa shape index (κ2) is 7.20. The van der Waals surface area contributed by atoms with E-state index in [1.54, 1.807) is 0 Å². The van der Waals surface area contributed by atoms with Gasteiger partial charge in [0.15, 0.2) is 9.84 Å². The van der Waals surface area contributed by atoms with Crippen LogP contribution in [0.2, 0.25) is 0 Å². The lowest BCUT2D eigenvalue weighted by atomic mass is 10.2. The Bertz CT molecular complexity index is 547. The van der Waals surface area contributed by atoms with Crippen LogP contribution < -0.4 is 10.1 Å². The van der Waals surface area contributed by atoms with Crippen molar-refractivity contribution in [2.24, 2.45) is 0 Å². The number of sulfone groups is 1. The van der Waals surface area contributed by atoms with E-state index < -0.39 is 15.9 Å². The molecule has 21 heavy (non-hydrogen) atoms. The molecule has 2 N–H and O–H groups in total. The zero-order chi connectivity index (χ0) is 15.3. The standard InChI is InChI=1S/C14H20FNO4S/c15-11-3-5-14(6-4-11)20-9-13(17)8-16-12-2-1-7-21(18,19)10-12/h3-6,12-13,16-17H,1-2,7-10H2. The van der Waals surface area contributed by atoms with Crippen molar-refractivity contribution in [3.63, 3.8) is 0 Å². The van der Waals surface area contributed by atoms with Crippen molar-refractivity contribution in [1.82, 2.24) is 5.32 Å². The maximum absolute atomic E-state index is 12.7. The molecule has 0 aliphatic carbocycles. The summed E-state index contributed by atoms with van der Waals surface area (Å²) >= 11 is 0. The molecular weight excluding hydrogens is 297 g/mol. The van der Waals surface area contributed by atoms with Gasteiger partial charge in [0.25, 0.3) is 0 Å². The fourth-order valence-corrected chi connectivity index (χ4v) is 3.94. The Morgan fingerprint density at radius 3 is 2.76 bits per heavy atom. The Hall–Kier alpha value is -1.18. The van der Waals surface area contributed by atoms with E-state index in [1.165, 1.54) is 24.3 Å². The summed E-state index contributed by atoms with van der Waals surface area (Å²) in [6.45, 7) is 0.333. The van der Waals surface area contributed by atoms with Crippen LogP contribution in [0.4, 0.5) is 4.39 Å². The summed E-state index contributed by atoms with van der Waals surface area (Å²) in [6.07, 6.45) is 0.701. The predicted octanol–water partition coefficient (Wildman–Crippen LogP) is 0.732. The molecular formula is C14H20FNO4S. The highest BCUT2D eigenvalue weighted by Crippen LogP contribution is 2.13. The molecule has 2 unspecified atom stereocenters. The van der Waals surface area contributed by atoms with Crippen LogP contribution in [-0.4, -0.2) is 50.3 Å². The monoisotopic (exact) mass is 317 g/mol. The van der Waals surface area contributed by atoms with Gasteiger partial charge in [0, 0.05) is 12.6 Å². The lowest BCUT2D eigenvalue weighted by Gasteiger charge is -2.24. The molecule has 2 rings (SSSR count). The summed E-state index contributed by atoms with van der Waals surface area (Å²) in [5, 5.41) is 12.9. The second-order valence-electron chi connectivity index (χ2n) is 5.28. The number of benzene rings is 1. The SMILES string of the molecule is O=S1(=O)CCCC(NCC(O)COc2ccc(F)cc2)C1. The van der Waals surface area contributed by atoms with Gasteiger partial charge >= 0.3 is 0 Å². The van der Waals surface area contributed by atoms with E-state index >= 15 is 0 Å². The van der Waals surface area contributed by atoms with E-state index in [9.17, 15) is 17.9 Å². The molecule has 1 aromatic rings. The lowest BCUT2D eigenvalue weighted by molar-refractivity contribution is 0.104. The first kappa shape index (κ1) is 16.2. The quantitative estimate of drug-likeness (QED) is 0.809. The van der Waals surface area contributed by atoms with Crippen LogP contribution in [0.5, 0.6) is 5.75 Å². The third-order valence-corrected chi connectivity index (χ3v) is 5.18. The number of nitrogens with one attached hydrogen (secondary N) is 1. The van der Waals surface area contributed by atoms with Gasteiger partial charge in [-0.3, -0.25) is 0 Å². The molecule has 0 saturated carbocycles. The number of hydrogen-bond donors (Lipinski definition) is 2. The smallest absolute Gasteiger partial charge is 0.151 e. The molecule has 0 aromatic heterocycles. The van der Waals surface area contributed by atoms with Gasteiger partial charge in [0.1, 0.15) is 24.3 Å². The predicted molar refractivity (Wildman–Crippen MR) is 77.6 cm³/mol. The van der Waals surface area contributed by atoms with Gasteiger partial charge in [0.2, 0.25) is 0 Å². The Morgan fingerprint density at radius 2 is 2.10 bits per heavy atom. The maximum atomic E-state index is 12.7.